The molecule has 0 unspecified atom stereocenters. The van der Waals surface area contributed by atoms with E-state index in [-0.39, 0.29) is 11.7 Å². The fraction of sp³-hybridized carbons (Fsp3) is 0.0909. The average molecular weight is 431 g/mol. The first-order valence-electron chi connectivity index (χ1n) is 9.41. The first kappa shape index (κ1) is 20.7. The first-order valence-corrected chi connectivity index (χ1v) is 9.41. The van der Waals surface area contributed by atoms with Gasteiger partial charge in [-0.2, -0.15) is 0 Å². The summed E-state index contributed by atoms with van der Waals surface area (Å²) in [6.45, 7) is 1.66. The minimum atomic E-state index is -1.22. The SMILES string of the molecule is COc1nc(-c2cnc(C(=O)O)nc2)ccc1NC(=O)c1c(-c2ccccc2)noc1C. The molecule has 0 spiro atoms. The van der Waals surface area contributed by atoms with Crippen LogP contribution in [0, 0.1) is 6.92 Å². The quantitative estimate of drug-likeness (QED) is 0.469. The average Bonchev–Trinajstić information content (AvgIpc) is 3.21. The van der Waals surface area contributed by atoms with Crippen LogP contribution in [-0.2, 0) is 0 Å². The number of nitrogens with zero attached hydrogens (tertiary/aromatic N) is 4. The number of anilines is 1. The van der Waals surface area contributed by atoms with Crippen molar-refractivity contribution in [2.45, 2.75) is 6.92 Å². The number of hydrogen-bond acceptors (Lipinski definition) is 8. The number of hydrogen-bond donors (Lipinski definition) is 2. The summed E-state index contributed by atoms with van der Waals surface area (Å²) in [5, 5.41) is 15.7. The van der Waals surface area contributed by atoms with Gasteiger partial charge in [-0.25, -0.2) is 19.7 Å². The molecule has 0 atom stereocenters. The number of ether oxygens (including phenoxy) is 1. The number of carbonyl (C=O) groups is 2. The molecule has 10 heteroatoms. The highest BCUT2D eigenvalue weighted by atomic mass is 16.5. The maximum atomic E-state index is 13.0. The highest BCUT2D eigenvalue weighted by Crippen LogP contribution is 2.29. The summed E-state index contributed by atoms with van der Waals surface area (Å²) in [6, 6.07) is 12.5. The van der Waals surface area contributed by atoms with E-state index in [1.807, 2.05) is 30.3 Å². The number of amides is 1. The number of pyridine rings is 1. The summed E-state index contributed by atoms with van der Waals surface area (Å²) in [6.07, 6.45) is 2.70. The Kier molecular flexibility index (Phi) is 5.58. The number of nitrogens with one attached hydrogen (secondary N) is 1. The summed E-state index contributed by atoms with van der Waals surface area (Å²) in [5.41, 5.74) is 2.76. The van der Waals surface area contributed by atoms with E-state index in [0.717, 1.165) is 5.56 Å². The predicted molar refractivity (Wildman–Crippen MR) is 113 cm³/mol. The van der Waals surface area contributed by atoms with Crippen LogP contribution in [0.4, 0.5) is 5.69 Å². The van der Waals surface area contributed by atoms with Crippen LogP contribution in [0.15, 0.2) is 59.4 Å². The van der Waals surface area contributed by atoms with Gasteiger partial charge in [0.25, 0.3) is 5.91 Å². The van der Waals surface area contributed by atoms with Gasteiger partial charge in [-0.15, -0.1) is 0 Å². The smallest absolute Gasteiger partial charge is 0.373 e. The van der Waals surface area contributed by atoms with Gasteiger partial charge in [0, 0.05) is 23.5 Å². The van der Waals surface area contributed by atoms with Crippen molar-refractivity contribution in [2.75, 3.05) is 12.4 Å². The molecule has 1 aromatic carbocycles. The van der Waals surface area contributed by atoms with Crippen LogP contribution in [0.5, 0.6) is 5.88 Å². The summed E-state index contributed by atoms with van der Waals surface area (Å²) in [5.74, 6) is -1.43. The molecule has 0 fully saturated rings. The lowest BCUT2D eigenvalue weighted by atomic mass is 10.1. The normalized spacial score (nSPS) is 10.6. The van der Waals surface area contributed by atoms with Crippen LogP contribution in [-0.4, -0.2) is 44.2 Å². The van der Waals surface area contributed by atoms with Gasteiger partial charge in [-0.1, -0.05) is 35.5 Å². The number of benzene rings is 1. The highest BCUT2D eigenvalue weighted by Gasteiger charge is 2.23. The number of methoxy groups -OCH3 is 1. The molecule has 0 aliphatic carbocycles. The topological polar surface area (TPSA) is 140 Å². The summed E-state index contributed by atoms with van der Waals surface area (Å²) in [7, 11) is 1.42. The lowest BCUT2D eigenvalue weighted by molar-refractivity contribution is 0.0683. The third-order valence-corrected chi connectivity index (χ3v) is 4.58. The van der Waals surface area contributed by atoms with Gasteiger partial charge < -0.3 is 19.7 Å². The Labute approximate surface area is 181 Å². The van der Waals surface area contributed by atoms with Gasteiger partial charge in [0.05, 0.1) is 12.8 Å². The molecule has 160 valence electrons. The Balaban J connectivity index is 1.62. The predicted octanol–water partition coefficient (Wildman–Crippen LogP) is 3.46. The Morgan fingerprint density at radius 3 is 2.41 bits per heavy atom. The lowest BCUT2D eigenvalue weighted by Crippen LogP contribution is -2.14. The van der Waals surface area contributed by atoms with Crippen molar-refractivity contribution in [3.8, 4) is 28.4 Å². The number of aryl methyl sites for hydroxylation is 1. The number of carboxylic acid groups (broad SMARTS) is 1. The third kappa shape index (κ3) is 4.01. The molecule has 0 saturated carbocycles. The van der Waals surface area contributed by atoms with Gasteiger partial charge in [0.2, 0.25) is 11.7 Å². The molecule has 0 radical (unpaired) electrons. The monoisotopic (exact) mass is 431 g/mol. The molecular formula is C22H17N5O5. The highest BCUT2D eigenvalue weighted by molar-refractivity contribution is 6.09. The molecule has 10 nitrogen and oxygen atoms in total. The van der Waals surface area contributed by atoms with E-state index in [9.17, 15) is 9.59 Å². The van der Waals surface area contributed by atoms with E-state index in [0.29, 0.717) is 34.0 Å². The first-order chi connectivity index (χ1) is 15.5. The molecule has 2 N–H and O–H groups in total. The van der Waals surface area contributed by atoms with E-state index in [1.165, 1.54) is 19.5 Å². The van der Waals surface area contributed by atoms with E-state index in [1.54, 1.807) is 19.1 Å². The maximum absolute atomic E-state index is 13.0. The number of aromatic nitrogens is 4. The second kappa shape index (κ2) is 8.64. The molecule has 4 aromatic rings. The standard InChI is InChI=1S/C22H17N5O5/c1-12-17(18(27-32-12)13-6-4-3-5-7-13)20(28)25-16-9-8-15(26-21(16)31-2)14-10-23-19(22(29)30)24-11-14/h3-11H,1-2H3,(H,25,28)(H,29,30). The molecule has 0 aliphatic rings. The summed E-state index contributed by atoms with van der Waals surface area (Å²) >= 11 is 0. The summed E-state index contributed by atoms with van der Waals surface area (Å²) < 4.78 is 10.6. The largest absolute Gasteiger partial charge is 0.479 e. The lowest BCUT2D eigenvalue weighted by Gasteiger charge is -2.11. The Bertz CT molecular complexity index is 1290. The molecular weight excluding hydrogens is 414 g/mol. The number of aromatic carboxylic acids is 1. The molecule has 3 aromatic heterocycles. The van der Waals surface area contributed by atoms with Crippen molar-refractivity contribution in [2.24, 2.45) is 0 Å². The molecule has 0 saturated heterocycles. The van der Waals surface area contributed by atoms with E-state index < -0.39 is 11.9 Å². The van der Waals surface area contributed by atoms with Crippen LogP contribution in [0.2, 0.25) is 0 Å². The van der Waals surface area contributed by atoms with Crippen molar-refractivity contribution in [1.29, 1.82) is 0 Å². The molecule has 0 aliphatic heterocycles. The zero-order chi connectivity index (χ0) is 22.7. The molecule has 4 rings (SSSR count). The Morgan fingerprint density at radius 1 is 1.03 bits per heavy atom. The van der Waals surface area contributed by atoms with Gasteiger partial charge in [0.1, 0.15) is 22.7 Å². The van der Waals surface area contributed by atoms with Gasteiger partial charge in [-0.05, 0) is 19.1 Å². The Morgan fingerprint density at radius 2 is 1.75 bits per heavy atom. The Hall–Kier alpha value is -4.60. The van der Waals surface area contributed by atoms with Gasteiger partial charge >= 0.3 is 5.97 Å². The fourth-order valence-electron chi connectivity index (χ4n) is 3.04. The van der Waals surface area contributed by atoms with E-state index in [4.69, 9.17) is 14.4 Å². The second-order valence-electron chi connectivity index (χ2n) is 6.64. The zero-order valence-corrected chi connectivity index (χ0v) is 17.1. The zero-order valence-electron chi connectivity index (χ0n) is 17.1. The van der Waals surface area contributed by atoms with Crippen LogP contribution < -0.4 is 10.1 Å². The third-order valence-electron chi connectivity index (χ3n) is 4.58. The van der Waals surface area contributed by atoms with Crippen molar-refractivity contribution in [1.82, 2.24) is 20.1 Å². The van der Waals surface area contributed by atoms with Crippen LogP contribution in [0.3, 0.4) is 0 Å². The fourth-order valence-corrected chi connectivity index (χ4v) is 3.04. The summed E-state index contributed by atoms with van der Waals surface area (Å²) in [4.78, 5) is 35.9. The molecule has 32 heavy (non-hydrogen) atoms. The number of rotatable bonds is 6. The van der Waals surface area contributed by atoms with Crippen molar-refractivity contribution in [3.05, 3.63) is 72.0 Å². The van der Waals surface area contributed by atoms with Gasteiger partial charge in [-0.3, -0.25) is 4.79 Å². The van der Waals surface area contributed by atoms with E-state index in [2.05, 4.69) is 25.4 Å². The van der Waals surface area contributed by atoms with Crippen LogP contribution >= 0.6 is 0 Å². The van der Waals surface area contributed by atoms with E-state index >= 15 is 0 Å². The second-order valence-corrected chi connectivity index (χ2v) is 6.64. The van der Waals surface area contributed by atoms with Gasteiger partial charge in [0.15, 0.2) is 0 Å². The molecule has 3 heterocycles. The van der Waals surface area contributed by atoms with Crippen molar-refractivity contribution in [3.63, 3.8) is 0 Å². The van der Waals surface area contributed by atoms with Crippen molar-refractivity contribution >= 4 is 17.6 Å². The minimum absolute atomic E-state index is 0.161. The number of carboxylic acids is 1. The molecule has 0 bridgehead atoms. The minimum Gasteiger partial charge on any atom is -0.479 e. The maximum Gasteiger partial charge on any atom is 0.373 e. The number of carbonyl (C=O) groups excluding carboxylic acids is 1. The molecule has 1 amide bonds. The van der Waals surface area contributed by atoms with Crippen LogP contribution in [0.25, 0.3) is 22.5 Å². The van der Waals surface area contributed by atoms with Crippen molar-refractivity contribution < 1.29 is 24.0 Å². The van der Waals surface area contributed by atoms with Crippen LogP contribution in [0.1, 0.15) is 26.7 Å².